The summed E-state index contributed by atoms with van der Waals surface area (Å²) in [7, 11) is 3.20. The minimum Gasteiger partial charge on any atom is -0.497 e. The number of ether oxygens (including phenoxy) is 2. The molecule has 0 saturated heterocycles. The molecule has 19 heavy (non-hydrogen) atoms. The Hall–Kier alpha value is -1.78. The molecule has 4 nitrogen and oxygen atoms in total. The van der Waals surface area contributed by atoms with Gasteiger partial charge in [0, 0.05) is 24.0 Å². The second-order valence-electron chi connectivity index (χ2n) is 3.98. The fourth-order valence-corrected chi connectivity index (χ4v) is 2.12. The fourth-order valence-electron chi connectivity index (χ4n) is 1.88. The van der Waals surface area contributed by atoms with Crippen LogP contribution in [0.4, 0.5) is 0 Å². The summed E-state index contributed by atoms with van der Waals surface area (Å²) in [6.45, 7) is 0. The number of benzene rings is 1. The number of hydrogen-bond acceptors (Lipinski definition) is 4. The van der Waals surface area contributed by atoms with Gasteiger partial charge in [0.25, 0.3) is 0 Å². The van der Waals surface area contributed by atoms with E-state index in [1.807, 2.05) is 12.1 Å². The molecular formula is C14H15ClN2O2. The van der Waals surface area contributed by atoms with E-state index in [4.69, 9.17) is 26.8 Å². The predicted octanol–water partition coefficient (Wildman–Crippen LogP) is 2.80. The fraction of sp³-hybridized carbons (Fsp3) is 0.214. The summed E-state index contributed by atoms with van der Waals surface area (Å²) in [6, 6.07) is 6.93. The topological polar surface area (TPSA) is 57.4 Å². The van der Waals surface area contributed by atoms with E-state index < -0.39 is 0 Å². The Labute approximate surface area is 117 Å². The average Bonchev–Trinajstić information content (AvgIpc) is 2.46. The first kappa shape index (κ1) is 13.6. The van der Waals surface area contributed by atoms with Crippen molar-refractivity contribution in [2.45, 2.75) is 6.04 Å². The largest absolute Gasteiger partial charge is 0.497 e. The third kappa shape index (κ3) is 2.80. The van der Waals surface area contributed by atoms with Gasteiger partial charge in [-0.2, -0.15) is 0 Å². The minimum atomic E-state index is -0.378. The molecule has 5 heteroatoms. The van der Waals surface area contributed by atoms with E-state index >= 15 is 0 Å². The highest BCUT2D eigenvalue weighted by atomic mass is 35.5. The van der Waals surface area contributed by atoms with Crippen molar-refractivity contribution in [1.82, 2.24) is 4.98 Å². The Kier molecular flexibility index (Phi) is 4.24. The third-order valence-electron chi connectivity index (χ3n) is 2.91. The lowest BCUT2D eigenvalue weighted by Gasteiger charge is -2.17. The van der Waals surface area contributed by atoms with Crippen molar-refractivity contribution >= 4 is 11.6 Å². The summed E-state index contributed by atoms with van der Waals surface area (Å²) < 4.78 is 10.5. The molecule has 0 aliphatic carbocycles. The van der Waals surface area contributed by atoms with Gasteiger partial charge in [0.2, 0.25) is 0 Å². The zero-order valence-corrected chi connectivity index (χ0v) is 11.5. The molecule has 1 atom stereocenters. The first-order valence-corrected chi connectivity index (χ1v) is 6.12. The van der Waals surface area contributed by atoms with Crippen molar-refractivity contribution in [3.05, 3.63) is 52.8 Å². The molecule has 0 spiro atoms. The highest BCUT2D eigenvalue weighted by Gasteiger charge is 2.17. The zero-order valence-electron chi connectivity index (χ0n) is 10.8. The number of halogens is 1. The number of hydrogen-bond donors (Lipinski definition) is 1. The molecule has 0 fully saturated rings. The highest BCUT2D eigenvalue weighted by Crippen LogP contribution is 2.33. The molecular weight excluding hydrogens is 264 g/mol. The van der Waals surface area contributed by atoms with E-state index in [1.54, 1.807) is 38.7 Å². The second-order valence-corrected chi connectivity index (χ2v) is 4.39. The Bertz CT molecular complexity index is 575. The van der Waals surface area contributed by atoms with Gasteiger partial charge in [-0.3, -0.25) is 4.98 Å². The molecule has 1 unspecified atom stereocenters. The molecule has 2 rings (SSSR count). The zero-order chi connectivity index (χ0) is 13.8. The number of rotatable bonds is 4. The number of nitrogens with zero attached hydrogens (tertiary/aromatic N) is 1. The van der Waals surface area contributed by atoms with Crippen molar-refractivity contribution in [2.24, 2.45) is 5.73 Å². The number of aromatic nitrogens is 1. The van der Waals surface area contributed by atoms with Crippen LogP contribution in [-0.4, -0.2) is 19.2 Å². The SMILES string of the molecule is COc1ccc(C(N)c2ccncc2Cl)c(OC)c1. The van der Waals surface area contributed by atoms with E-state index in [9.17, 15) is 0 Å². The van der Waals surface area contributed by atoms with Gasteiger partial charge in [-0.1, -0.05) is 11.6 Å². The smallest absolute Gasteiger partial charge is 0.127 e. The van der Waals surface area contributed by atoms with Crippen LogP contribution in [0.15, 0.2) is 36.7 Å². The van der Waals surface area contributed by atoms with Crippen LogP contribution >= 0.6 is 11.6 Å². The third-order valence-corrected chi connectivity index (χ3v) is 3.23. The van der Waals surface area contributed by atoms with Gasteiger partial charge in [0.05, 0.1) is 25.3 Å². The van der Waals surface area contributed by atoms with Crippen LogP contribution in [0.2, 0.25) is 5.02 Å². The van der Waals surface area contributed by atoms with Crippen molar-refractivity contribution < 1.29 is 9.47 Å². The minimum absolute atomic E-state index is 0.378. The number of pyridine rings is 1. The highest BCUT2D eigenvalue weighted by molar-refractivity contribution is 6.31. The van der Waals surface area contributed by atoms with Crippen LogP contribution in [0.3, 0.4) is 0 Å². The Balaban J connectivity index is 2.44. The maximum Gasteiger partial charge on any atom is 0.127 e. The molecule has 2 N–H and O–H groups in total. The Morgan fingerprint density at radius 2 is 1.95 bits per heavy atom. The van der Waals surface area contributed by atoms with E-state index in [1.165, 1.54) is 0 Å². The monoisotopic (exact) mass is 278 g/mol. The molecule has 1 heterocycles. The summed E-state index contributed by atoms with van der Waals surface area (Å²) in [6.07, 6.45) is 3.24. The summed E-state index contributed by atoms with van der Waals surface area (Å²) in [5.41, 5.74) is 7.90. The van der Waals surface area contributed by atoms with Crippen LogP contribution < -0.4 is 15.2 Å². The van der Waals surface area contributed by atoms with Crippen molar-refractivity contribution in [3.8, 4) is 11.5 Å². The molecule has 0 aliphatic heterocycles. The van der Waals surface area contributed by atoms with Crippen molar-refractivity contribution in [2.75, 3.05) is 14.2 Å². The number of methoxy groups -OCH3 is 2. The van der Waals surface area contributed by atoms with Gasteiger partial charge in [-0.05, 0) is 23.8 Å². The maximum atomic E-state index is 6.25. The van der Waals surface area contributed by atoms with E-state index in [2.05, 4.69) is 4.98 Å². The Morgan fingerprint density at radius 1 is 1.16 bits per heavy atom. The lowest BCUT2D eigenvalue weighted by Crippen LogP contribution is -2.13. The maximum absolute atomic E-state index is 6.25. The van der Waals surface area contributed by atoms with Crippen LogP contribution in [0, 0.1) is 0 Å². The average molecular weight is 279 g/mol. The summed E-state index contributed by atoms with van der Waals surface area (Å²) in [5, 5.41) is 0.535. The van der Waals surface area contributed by atoms with E-state index in [0.29, 0.717) is 16.5 Å². The van der Waals surface area contributed by atoms with E-state index in [0.717, 1.165) is 11.1 Å². The van der Waals surface area contributed by atoms with Crippen LogP contribution in [0.5, 0.6) is 11.5 Å². The molecule has 0 radical (unpaired) electrons. The molecule has 0 aliphatic rings. The lowest BCUT2D eigenvalue weighted by atomic mass is 9.99. The molecule has 100 valence electrons. The Morgan fingerprint density at radius 3 is 2.58 bits per heavy atom. The lowest BCUT2D eigenvalue weighted by molar-refractivity contribution is 0.390. The quantitative estimate of drug-likeness (QED) is 0.934. The molecule has 0 saturated carbocycles. The van der Waals surface area contributed by atoms with Gasteiger partial charge >= 0.3 is 0 Å². The summed E-state index contributed by atoms with van der Waals surface area (Å²) >= 11 is 6.12. The number of nitrogens with two attached hydrogens (primary N) is 1. The molecule has 1 aromatic heterocycles. The van der Waals surface area contributed by atoms with Gasteiger partial charge in [-0.25, -0.2) is 0 Å². The normalized spacial score (nSPS) is 12.0. The standard InChI is InChI=1S/C14H15ClN2O2/c1-18-9-3-4-11(13(7-9)19-2)14(16)10-5-6-17-8-12(10)15/h3-8,14H,16H2,1-2H3. The van der Waals surface area contributed by atoms with Crippen molar-refractivity contribution in [3.63, 3.8) is 0 Å². The first-order valence-electron chi connectivity index (χ1n) is 5.74. The molecule has 1 aromatic carbocycles. The van der Waals surface area contributed by atoms with Crippen LogP contribution in [0.25, 0.3) is 0 Å². The van der Waals surface area contributed by atoms with Crippen LogP contribution in [0.1, 0.15) is 17.2 Å². The van der Waals surface area contributed by atoms with Gasteiger partial charge in [0.1, 0.15) is 11.5 Å². The van der Waals surface area contributed by atoms with Gasteiger partial charge in [0.15, 0.2) is 0 Å². The van der Waals surface area contributed by atoms with Gasteiger partial charge < -0.3 is 15.2 Å². The molecule has 0 bridgehead atoms. The van der Waals surface area contributed by atoms with Crippen molar-refractivity contribution in [1.29, 1.82) is 0 Å². The van der Waals surface area contributed by atoms with Crippen LogP contribution in [-0.2, 0) is 0 Å². The summed E-state index contributed by atoms with van der Waals surface area (Å²) in [5.74, 6) is 1.38. The molecule has 2 aromatic rings. The summed E-state index contributed by atoms with van der Waals surface area (Å²) in [4.78, 5) is 3.95. The second kappa shape index (κ2) is 5.91. The molecule has 0 amide bonds. The van der Waals surface area contributed by atoms with Gasteiger partial charge in [-0.15, -0.1) is 0 Å². The predicted molar refractivity (Wildman–Crippen MR) is 74.8 cm³/mol. The van der Waals surface area contributed by atoms with E-state index in [-0.39, 0.29) is 6.04 Å². The first-order chi connectivity index (χ1) is 9.17.